The lowest BCUT2D eigenvalue weighted by Gasteiger charge is -2.36. The average Bonchev–Trinajstić information content (AvgIpc) is 2.70. The van der Waals surface area contributed by atoms with Gasteiger partial charge in [0.15, 0.2) is 0 Å². The molecule has 7 nitrogen and oxygen atoms in total. The Morgan fingerprint density at radius 1 is 1.00 bits per heavy atom. The van der Waals surface area contributed by atoms with Crippen molar-refractivity contribution in [2.45, 2.75) is 32.3 Å². The van der Waals surface area contributed by atoms with Crippen LogP contribution < -0.4 is 14.5 Å². The van der Waals surface area contributed by atoms with Crippen molar-refractivity contribution in [3.8, 4) is 5.88 Å². The van der Waals surface area contributed by atoms with Crippen molar-refractivity contribution in [2.24, 2.45) is 0 Å². The minimum atomic E-state index is 0.306. The van der Waals surface area contributed by atoms with Crippen molar-refractivity contribution in [1.29, 1.82) is 0 Å². The van der Waals surface area contributed by atoms with Gasteiger partial charge in [-0.1, -0.05) is 0 Å². The standard InChI is InChI=1S/C21H24N6O/c1-15-12-22-13-20(25-15)27-9-7-26(8-10-27)16-5-6-19-18(11-16)21(24-14-23-19)28-17-3-2-4-17/h5-6,11-14,17H,2-4,7-10H2,1H3. The molecule has 1 saturated heterocycles. The summed E-state index contributed by atoms with van der Waals surface area (Å²) in [5, 5.41) is 0.999. The van der Waals surface area contributed by atoms with Crippen LogP contribution in [0.5, 0.6) is 5.88 Å². The maximum Gasteiger partial charge on any atom is 0.224 e. The van der Waals surface area contributed by atoms with E-state index in [9.17, 15) is 0 Å². The van der Waals surface area contributed by atoms with Crippen molar-refractivity contribution in [3.05, 3.63) is 42.6 Å². The monoisotopic (exact) mass is 376 g/mol. The summed E-state index contributed by atoms with van der Waals surface area (Å²) in [6.07, 6.45) is 9.02. The highest BCUT2D eigenvalue weighted by Gasteiger charge is 2.22. The van der Waals surface area contributed by atoms with E-state index in [0.717, 1.165) is 61.4 Å². The Morgan fingerprint density at radius 3 is 2.57 bits per heavy atom. The van der Waals surface area contributed by atoms with Crippen LogP contribution in [0.1, 0.15) is 25.0 Å². The Morgan fingerprint density at radius 2 is 1.82 bits per heavy atom. The summed E-state index contributed by atoms with van der Waals surface area (Å²) in [6.45, 7) is 5.70. The number of hydrogen-bond donors (Lipinski definition) is 0. The van der Waals surface area contributed by atoms with E-state index in [1.807, 2.05) is 13.1 Å². The molecule has 3 heterocycles. The summed E-state index contributed by atoms with van der Waals surface area (Å²) in [5.74, 6) is 1.67. The molecule has 0 spiro atoms. The topological polar surface area (TPSA) is 67.3 Å². The lowest BCUT2D eigenvalue weighted by atomic mass is 9.96. The van der Waals surface area contributed by atoms with Gasteiger partial charge in [0.05, 0.1) is 22.8 Å². The molecule has 144 valence electrons. The lowest BCUT2D eigenvalue weighted by Crippen LogP contribution is -2.46. The van der Waals surface area contributed by atoms with Crippen molar-refractivity contribution in [2.75, 3.05) is 36.0 Å². The third-order valence-electron chi connectivity index (χ3n) is 5.62. The fraction of sp³-hybridized carbons (Fsp3) is 0.429. The summed E-state index contributed by atoms with van der Waals surface area (Å²) in [4.78, 5) is 22.4. The van der Waals surface area contributed by atoms with Gasteiger partial charge in [0.1, 0.15) is 18.2 Å². The molecule has 5 rings (SSSR count). The summed E-state index contributed by atoms with van der Waals surface area (Å²) in [6, 6.07) is 6.38. The molecule has 2 fully saturated rings. The van der Waals surface area contributed by atoms with Gasteiger partial charge in [-0.25, -0.2) is 15.0 Å². The van der Waals surface area contributed by atoms with Crippen LogP contribution in [-0.4, -0.2) is 52.2 Å². The van der Waals surface area contributed by atoms with E-state index in [0.29, 0.717) is 12.0 Å². The molecule has 2 aliphatic rings. The number of benzene rings is 1. The summed E-state index contributed by atoms with van der Waals surface area (Å²) in [7, 11) is 0. The van der Waals surface area contributed by atoms with E-state index >= 15 is 0 Å². The second-order valence-corrected chi connectivity index (χ2v) is 7.54. The van der Waals surface area contributed by atoms with E-state index in [1.54, 1.807) is 12.5 Å². The molecular formula is C21H24N6O. The summed E-state index contributed by atoms with van der Waals surface area (Å²) in [5.41, 5.74) is 3.07. The number of anilines is 2. The molecule has 0 N–H and O–H groups in total. The van der Waals surface area contributed by atoms with Crippen LogP contribution in [0.15, 0.2) is 36.9 Å². The number of hydrogen-bond acceptors (Lipinski definition) is 7. The Balaban J connectivity index is 1.34. The van der Waals surface area contributed by atoms with Crippen LogP contribution in [0.4, 0.5) is 11.5 Å². The van der Waals surface area contributed by atoms with Gasteiger partial charge in [0, 0.05) is 38.1 Å². The molecule has 7 heteroatoms. The number of piperazine rings is 1. The smallest absolute Gasteiger partial charge is 0.224 e. The molecular weight excluding hydrogens is 352 g/mol. The number of rotatable bonds is 4. The van der Waals surface area contributed by atoms with Crippen molar-refractivity contribution >= 4 is 22.4 Å². The number of ether oxygens (including phenoxy) is 1. The van der Waals surface area contributed by atoms with E-state index < -0.39 is 0 Å². The number of fused-ring (bicyclic) bond motifs is 1. The zero-order valence-corrected chi connectivity index (χ0v) is 16.1. The molecule has 0 radical (unpaired) electrons. The molecule has 0 atom stereocenters. The number of aromatic nitrogens is 4. The zero-order valence-electron chi connectivity index (χ0n) is 16.1. The molecule has 28 heavy (non-hydrogen) atoms. The molecule has 1 aliphatic carbocycles. The van der Waals surface area contributed by atoms with Crippen LogP contribution in [0.3, 0.4) is 0 Å². The fourth-order valence-electron chi connectivity index (χ4n) is 3.75. The minimum absolute atomic E-state index is 0.306. The number of nitrogens with zero attached hydrogens (tertiary/aromatic N) is 6. The largest absolute Gasteiger partial charge is 0.474 e. The normalized spacial score (nSPS) is 17.6. The summed E-state index contributed by atoms with van der Waals surface area (Å²) < 4.78 is 6.10. The lowest BCUT2D eigenvalue weighted by molar-refractivity contribution is 0.116. The van der Waals surface area contributed by atoms with Gasteiger partial charge in [-0.3, -0.25) is 4.98 Å². The first-order valence-electron chi connectivity index (χ1n) is 9.96. The maximum atomic E-state index is 6.10. The van der Waals surface area contributed by atoms with Gasteiger partial charge in [-0.05, 0) is 44.4 Å². The fourth-order valence-corrected chi connectivity index (χ4v) is 3.75. The number of aryl methyl sites for hydroxylation is 1. The van der Waals surface area contributed by atoms with E-state index in [4.69, 9.17) is 4.74 Å². The molecule has 2 aromatic heterocycles. The molecule has 1 saturated carbocycles. The predicted molar refractivity (Wildman–Crippen MR) is 109 cm³/mol. The Kier molecular flexibility index (Phi) is 4.43. The van der Waals surface area contributed by atoms with Crippen LogP contribution in [0.25, 0.3) is 10.9 Å². The second-order valence-electron chi connectivity index (χ2n) is 7.54. The Hall–Kier alpha value is -2.96. The molecule has 1 aliphatic heterocycles. The van der Waals surface area contributed by atoms with Crippen LogP contribution in [-0.2, 0) is 0 Å². The molecule has 0 bridgehead atoms. The average molecular weight is 376 g/mol. The predicted octanol–water partition coefficient (Wildman–Crippen LogP) is 2.99. The SMILES string of the molecule is Cc1cncc(N2CCN(c3ccc4ncnc(OC5CCC5)c4c3)CC2)n1. The van der Waals surface area contributed by atoms with Crippen molar-refractivity contribution < 1.29 is 4.74 Å². The first-order chi connectivity index (χ1) is 13.8. The minimum Gasteiger partial charge on any atom is -0.474 e. The third-order valence-corrected chi connectivity index (χ3v) is 5.62. The van der Waals surface area contributed by atoms with E-state index in [-0.39, 0.29) is 0 Å². The van der Waals surface area contributed by atoms with Gasteiger partial charge in [-0.15, -0.1) is 0 Å². The van der Waals surface area contributed by atoms with E-state index in [1.165, 1.54) is 12.1 Å². The van der Waals surface area contributed by atoms with Crippen molar-refractivity contribution in [3.63, 3.8) is 0 Å². The molecule has 3 aromatic rings. The zero-order chi connectivity index (χ0) is 18.9. The molecule has 0 unspecified atom stereocenters. The molecule has 1 aromatic carbocycles. The third kappa shape index (κ3) is 3.32. The first kappa shape index (κ1) is 17.2. The van der Waals surface area contributed by atoms with E-state index in [2.05, 4.69) is 47.9 Å². The Bertz CT molecular complexity index is 982. The highest BCUT2D eigenvalue weighted by atomic mass is 16.5. The van der Waals surface area contributed by atoms with Crippen LogP contribution in [0, 0.1) is 6.92 Å². The highest BCUT2D eigenvalue weighted by molar-refractivity contribution is 5.86. The Labute approximate surface area is 164 Å². The second kappa shape index (κ2) is 7.22. The highest BCUT2D eigenvalue weighted by Crippen LogP contribution is 2.31. The van der Waals surface area contributed by atoms with Gasteiger partial charge >= 0.3 is 0 Å². The van der Waals surface area contributed by atoms with Gasteiger partial charge in [0.2, 0.25) is 5.88 Å². The molecule has 0 amide bonds. The summed E-state index contributed by atoms with van der Waals surface area (Å²) >= 11 is 0. The van der Waals surface area contributed by atoms with Gasteiger partial charge in [-0.2, -0.15) is 0 Å². The maximum absolute atomic E-state index is 6.10. The van der Waals surface area contributed by atoms with Crippen LogP contribution in [0.2, 0.25) is 0 Å². The van der Waals surface area contributed by atoms with Crippen LogP contribution >= 0.6 is 0 Å². The van der Waals surface area contributed by atoms with Gasteiger partial charge in [0.25, 0.3) is 0 Å². The quantitative estimate of drug-likeness (QED) is 0.693. The van der Waals surface area contributed by atoms with Crippen molar-refractivity contribution in [1.82, 2.24) is 19.9 Å². The van der Waals surface area contributed by atoms with Gasteiger partial charge < -0.3 is 14.5 Å². The first-order valence-corrected chi connectivity index (χ1v) is 9.96.